The fraction of sp³-hybridized carbons (Fsp3) is 0.222. The van der Waals surface area contributed by atoms with Crippen LogP contribution < -0.4 is 5.73 Å². The van der Waals surface area contributed by atoms with Crippen LogP contribution >= 0.6 is 0 Å². The van der Waals surface area contributed by atoms with Gasteiger partial charge in [0.2, 0.25) is 0 Å². The quantitative estimate of drug-likeness (QED) is 0.756. The number of imidazole rings is 1. The van der Waals surface area contributed by atoms with Crippen molar-refractivity contribution in [2.75, 3.05) is 0 Å². The molecular weight excluding hydrogens is 307 g/mol. The number of aromatic nitrogens is 3. The van der Waals surface area contributed by atoms with Crippen LogP contribution in [0.3, 0.4) is 0 Å². The summed E-state index contributed by atoms with van der Waals surface area (Å²) in [6.07, 6.45) is 4.19. The molecule has 3 N–H and O–H groups in total. The van der Waals surface area contributed by atoms with E-state index in [1.807, 2.05) is 13.8 Å². The number of carbonyl (C=O) groups is 1. The maximum absolute atomic E-state index is 13.2. The van der Waals surface area contributed by atoms with Crippen LogP contribution in [-0.4, -0.2) is 20.4 Å². The maximum atomic E-state index is 13.2. The molecule has 3 rings (SSSR count). The van der Waals surface area contributed by atoms with Crippen LogP contribution in [0.5, 0.6) is 0 Å². The van der Waals surface area contributed by atoms with Gasteiger partial charge in [0, 0.05) is 41.8 Å². The van der Waals surface area contributed by atoms with E-state index in [1.54, 1.807) is 24.7 Å². The molecule has 1 aromatic carbocycles. The molecule has 1 amide bonds. The molecule has 0 atom stereocenters. The Hall–Kier alpha value is -2.89. The SMILES string of the molecule is Cc1c(C(N)=O)c(-c2ccc(F)cc2)c(C)n1CCc1cnc[nH]1. The first-order chi connectivity index (χ1) is 11.5. The number of hydrogen-bond donors (Lipinski definition) is 2. The Labute approximate surface area is 139 Å². The number of H-pyrrole nitrogens is 1. The summed E-state index contributed by atoms with van der Waals surface area (Å²) in [6.45, 7) is 4.53. The number of aryl methyl sites for hydroxylation is 1. The van der Waals surface area contributed by atoms with Crippen molar-refractivity contribution in [2.24, 2.45) is 5.73 Å². The maximum Gasteiger partial charge on any atom is 0.251 e. The summed E-state index contributed by atoms with van der Waals surface area (Å²) in [5.74, 6) is -0.789. The molecule has 0 aliphatic rings. The van der Waals surface area contributed by atoms with E-state index in [0.29, 0.717) is 12.1 Å². The first kappa shape index (κ1) is 16.0. The Kier molecular flexibility index (Phi) is 4.20. The molecule has 0 saturated carbocycles. The first-order valence-electron chi connectivity index (χ1n) is 7.71. The molecule has 0 aliphatic heterocycles. The Balaban J connectivity index is 2.06. The fourth-order valence-corrected chi connectivity index (χ4v) is 3.14. The minimum Gasteiger partial charge on any atom is -0.366 e. The molecule has 0 saturated heterocycles. The van der Waals surface area contributed by atoms with Gasteiger partial charge in [-0.25, -0.2) is 9.37 Å². The van der Waals surface area contributed by atoms with E-state index in [9.17, 15) is 9.18 Å². The molecule has 0 spiro atoms. The Morgan fingerprint density at radius 2 is 1.96 bits per heavy atom. The predicted molar refractivity (Wildman–Crippen MR) is 90.1 cm³/mol. The van der Waals surface area contributed by atoms with Crippen molar-refractivity contribution in [3.8, 4) is 11.1 Å². The van der Waals surface area contributed by atoms with E-state index in [1.165, 1.54) is 12.1 Å². The zero-order chi connectivity index (χ0) is 17.3. The lowest BCUT2D eigenvalue weighted by Gasteiger charge is -2.09. The smallest absolute Gasteiger partial charge is 0.251 e. The monoisotopic (exact) mass is 326 g/mol. The van der Waals surface area contributed by atoms with Gasteiger partial charge >= 0.3 is 0 Å². The number of hydrogen-bond acceptors (Lipinski definition) is 2. The van der Waals surface area contributed by atoms with E-state index >= 15 is 0 Å². The number of halogens is 1. The Morgan fingerprint density at radius 1 is 1.25 bits per heavy atom. The highest BCUT2D eigenvalue weighted by atomic mass is 19.1. The number of nitrogens with one attached hydrogen (secondary N) is 1. The molecular formula is C18H19FN4O. The van der Waals surface area contributed by atoms with Crippen molar-refractivity contribution in [3.05, 3.63) is 65.3 Å². The minimum atomic E-state index is -0.477. The average molecular weight is 326 g/mol. The number of carbonyl (C=O) groups excluding carboxylic acids is 1. The summed E-state index contributed by atoms with van der Waals surface area (Å²) in [4.78, 5) is 19.1. The Morgan fingerprint density at radius 3 is 2.54 bits per heavy atom. The summed E-state index contributed by atoms with van der Waals surface area (Å²) in [6, 6.07) is 6.11. The van der Waals surface area contributed by atoms with E-state index in [2.05, 4.69) is 14.5 Å². The van der Waals surface area contributed by atoms with E-state index in [-0.39, 0.29) is 5.82 Å². The molecule has 0 bridgehead atoms. The van der Waals surface area contributed by atoms with Gasteiger partial charge in [0.05, 0.1) is 11.9 Å². The summed E-state index contributed by atoms with van der Waals surface area (Å²) in [7, 11) is 0. The first-order valence-corrected chi connectivity index (χ1v) is 7.71. The number of nitrogens with zero attached hydrogens (tertiary/aromatic N) is 2. The number of benzene rings is 1. The lowest BCUT2D eigenvalue weighted by molar-refractivity contribution is 0.1000. The second-order valence-electron chi connectivity index (χ2n) is 5.77. The molecule has 2 aromatic heterocycles. The molecule has 0 aliphatic carbocycles. The molecule has 2 heterocycles. The van der Waals surface area contributed by atoms with Crippen LogP contribution in [0.2, 0.25) is 0 Å². The van der Waals surface area contributed by atoms with Crippen molar-refractivity contribution in [1.29, 1.82) is 0 Å². The third-order valence-corrected chi connectivity index (χ3v) is 4.32. The highest BCUT2D eigenvalue weighted by Gasteiger charge is 2.22. The molecule has 124 valence electrons. The summed E-state index contributed by atoms with van der Waals surface area (Å²) < 4.78 is 15.3. The van der Waals surface area contributed by atoms with Gasteiger partial charge in [-0.2, -0.15) is 0 Å². The van der Waals surface area contributed by atoms with Crippen molar-refractivity contribution in [1.82, 2.24) is 14.5 Å². The largest absolute Gasteiger partial charge is 0.366 e. The third kappa shape index (κ3) is 2.82. The summed E-state index contributed by atoms with van der Waals surface area (Å²) in [5, 5.41) is 0. The van der Waals surface area contributed by atoms with Gasteiger partial charge in [-0.1, -0.05) is 12.1 Å². The van der Waals surface area contributed by atoms with Crippen molar-refractivity contribution in [3.63, 3.8) is 0 Å². The van der Waals surface area contributed by atoms with Gasteiger partial charge in [-0.3, -0.25) is 4.79 Å². The molecule has 0 unspecified atom stereocenters. The lowest BCUT2D eigenvalue weighted by atomic mass is 10.00. The van der Waals surface area contributed by atoms with Gasteiger partial charge in [0.15, 0.2) is 0 Å². The molecule has 6 heteroatoms. The van der Waals surface area contributed by atoms with Crippen LogP contribution in [0.25, 0.3) is 11.1 Å². The zero-order valence-electron chi connectivity index (χ0n) is 13.6. The van der Waals surface area contributed by atoms with Gasteiger partial charge in [-0.05, 0) is 31.5 Å². The predicted octanol–water partition coefficient (Wildman–Crippen LogP) is 2.98. The second-order valence-corrected chi connectivity index (χ2v) is 5.77. The summed E-state index contributed by atoms with van der Waals surface area (Å²) >= 11 is 0. The van der Waals surface area contributed by atoms with Crippen LogP contribution in [0.1, 0.15) is 27.4 Å². The van der Waals surface area contributed by atoms with E-state index < -0.39 is 5.91 Å². The van der Waals surface area contributed by atoms with Crippen LogP contribution in [-0.2, 0) is 13.0 Å². The number of aromatic amines is 1. The number of primary amides is 1. The zero-order valence-corrected chi connectivity index (χ0v) is 13.6. The van der Waals surface area contributed by atoms with Crippen molar-refractivity contribution in [2.45, 2.75) is 26.8 Å². The van der Waals surface area contributed by atoms with Gasteiger partial charge in [0.1, 0.15) is 5.82 Å². The topological polar surface area (TPSA) is 76.7 Å². The van der Waals surface area contributed by atoms with Crippen molar-refractivity contribution >= 4 is 5.91 Å². The van der Waals surface area contributed by atoms with Crippen LogP contribution in [0.15, 0.2) is 36.8 Å². The molecule has 24 heavy (non-hydrogen) atoms. The molecule has 0 radical (unpaired) electrons. The molecule has 0 fully saturated rings. The lowest BCUT2D eigenvalue weighted by Crippen LogP contribution is -2.14. The normalized spacial score (nSPS) is 11.0. The highest BCUT2D eigenvalue weighted by Crippen LogP contribution is 2.32. The standard InChI is InChI=1S/C18H19FN4O/c1-11-16(13-3-5-14(19)6-4-13)17(18(20)24)12(2)23(11)8-7-15-9-21-10-22-15/h3-6,9-10H,7-8H2,1-2H3,(H2,20,24)(H,21,22). The fourth-order valence-electron chi connectivity index (χ4n) is 3.14. The molecule has 5 nitrogen and oxygen atoms in total. The second kappa shape index (κ2) is 6.31. The summed E-state index contributed by atoms with van der Waals surface area (Å²) in [5.41, 5.74) is 10.4. The van der Waals surface area contributed by atoms with Gasteiger partial charge < -0.3 is 15.3 Å². The van der Waals surface area contributed by atoms with E-state index in [4.69, 9.17) is 5.73 Å². The average Bonchev–Trinajstić information content (AvgIpc) is 3.13. The van der Waals surface area contributed by atoms with E-state index in [0.717, 1.165) is 34.6 Å². The number of nitrogens with two attached hydrogens (primary N) is 1. The molecule has 3 aromatic rings. The highest BCUT2D eigenvalue weighted by molar-refractivity contribution is 6.02. The number of amides is 1. The van der Waals surface area contributed by atoms with Gasteiger partial charge in [-0.15, -0.1) is 0 Å². The van der Waals surface area contributed by atoms with Crippen LogP contribution in [0.4, 0.5) is 4.39 Å². The third-order valence-electron chi connectivity index (χ3n) is 4.32. The minimum absolute atomic E-state index is 0.313. The number of rotatable bonds is 5. The van der Waals surface area contributed by atoms with Gasteiger partial charge in [0.25, 0.3) is 5.91 Å². The van der Waals surface area contributed by atoms with Crippen molar-refractivity contribution < 1.29 is 9.18 Å². The van der Waals surface area contributed by atoms with Crippen LogP contribution in [0, 0.1) is 19.7 Å². The Bertz CT molecular complexity index is 864.